The fraction of sp³-hybridized carbons (Fsp3) is 0.500. The smallest absolute Gasteiger partial charge is 0.260 e. The second kappa shape index (κ2) is 6.61. The zero-order chi connectivity index (χ0) is 15.4. The Morgan fingerprint density at radius 2 is 1.76 bits per heavy atom. The quantitative estimate of drug-likeness (QED) is 0.921. The van der Waals surface area contributed by atoms with Crippen molar-refractivity contribution < 1.29 is 14.3 Å². The second-order valence-electron chi connectivity index (χ2n) is 5.61. The van der Waals surface area contributed by atoms with E-state index in [4.69, 9.17) is 10.5 Å². The molecule has 1 aliphatic rings. The van der Waals surface area contributed by atoms with Gasteiger partial charge in [0.2, 0.25) is 5.91 Å². The molecule has 2 N–H and O–H groups in total. The van der Waals surface area contributed by atoms with E-state index in [9.17, 15) is 9.59 Å². The SMILES string of the molecule is C[C@@H]1CCC[C@@H](C)N1C(=O)COc1ccc(C(N)=O)cc1. The van der Waals surface area contributed by atoms with Gasteiger partial charge in [-0.15, -0.1) is 0 Å². The molecule has 2 amide bonds. The maximum Gasteiger partial charge on any atom is 0.260 e. The van der Waals surface area contributed by atoms with Crippen molar-refractivity contribution in [3.05, 3.63) is 29.8 Å². The van der Waals surface area contributed by atoms with Crippen LogP contribution in [0, 0.1) is 0 Å². The van der Waals surface area contributed by atoms with Crippen LogP contribution in [0.5, 0.6) is 5.75 Å². The first-order chi connectivity index (χ1) is 9.99. The largest absolute Gasteiger partial charge is 0.484 e. The van der Waals surface area contributed by atoms with Crippen LogP contribution in [0.2, 0.25) is 0 Å². The number of nitrogens with two attached hydrogens (primary N) is 1. The predicted octanol–water partition coefficient (Wildman–Crippen LogP) is 1.95. The molecule has 0 saturated carbocycles. The average Bonchev–Trinajstić information content (AvgIpc) is 2.45. The van der Waals surface area contributed by atoms with Crippen molar-refractivity contribution in [1.82, 2.24) is 4.90 Å². The molecule has 5 nitrogen and oxygen atoms in total. The van der Waals surface area contributed by atoms with Crippen molar-refractivity contribution in [2.45, 2.75) is 45.2 Å². The summed E-state index contributed by atoms with van der Waals surface area (Å²) in [4.78, 5) is 25.2. The normalized spacial score (nSPS) is 21.9. The lowest BCUT2D eigenvalue weighted by molar-refractivity contribution is -0.139. The minimum absolute atomic E-state index is 0.00803. The van der Waals surface area contributed by atoms with Gasteiger partial charge in [0.05, 0.1) is 0 Å². The Labute approximate surface area is 125 Å². The molecule has 1 saturated heterocycles. The highest BCUT2D eigenvalue weighted by molar-refractivity contribution is 5.92. The first-order valence-electron chi connectivity index (χ1n) is 7.33. The summed E-state index contributed by atoms with van der Waals surface area (Å²) in [5, 5.41) is 0. The first-order valence-corrected chi connectivity index (χ1v) is 7.33. The number of piperidine rings is 1. The van der Waals surface area contributed by atoms with Crippen LogP contribution in [0.25, 0.3) is 0 Å². The molecule has 1 aliphatic heterocycles. The minimum atomic E-state index is -0.478. The summed E-state index contributed by atoms with van der Waals surface area (Å²) in [6.07, 6.45) is 3.26. The third-order valence-electron chi connectivity index (χ3n) is 3.98. The van der Waals surface area contributed by atoms with E-state index in [1.807, 2.05) is 4.90 Å². The van der Waals surface area contributed by atoms with Gasteiger partial charge in [-0.2, -0.15) is 0 Å². The Balaban J connectivity index is 1.92. The molecule has 0 aromatic heterocycles. The number of hydrogen-bond acceptors (Lipinski definition) is 3. The molecule has 2 rings (SSSR count). The summed E-state index contributed by atoms with van der Waals surface area (Å²) in [6, 6.07) is 7.01. The van der Waals surface area contributed by atoms with Gasteiger partial charge in [-0.3, -0.25) is 9.59 Å². The fourth-order valence-corrected chi connectivity index (χ4v) is 2.85. The Morgan fingerprint density at radius 1 is 1.19 bits per heavy atom. The molecule has 1 aromatic rings. The number of carbonyl (C=O) groups is 2. The average molecular weight is 290 g/mol. The summed E-state index contributed by atoms with van der Waals surface area (Å²) in [5.41, 5.74) is 5.60. The number of benzene rings is 1. The van der Waals surface area contributed by atoms with Crippen LogP contribution < -0.4 is 10.5 Å². The number of ether oxygens (including phenoxy) is 1. The molecule has 1 fully saturated rings. The predicted molar refractivity (Wildman–Crippen MR) is 80.1 cm³/mol. The maximum absolute atomic E-state index is 12.3. The number of primary amides is 1. The minimum Gasteiger partial charge on any atom is -0.484 e. The Kier molecular flexibility index (Phi) is 4.83. The lowest BCUT2D eigenvalue weighted by atomic mass is 9.97. The molecular weight excluding hydrogens is 268 g/mol. The van der Waals surface area contributed by atoms with E-state index < -0.39 is 5.91 Å². The van der Waals surface area contributed by atoms with E-state index >= 15 is 0 Å². The molecule has 2 atom stereocenters. The van der Waals surface area contributed by atoms with Crippen LogP contribution in [0.15, 0.2) is 24.3 Å². The summed E-state index contributed by atoms with van der Waals surface area (Å²) in [6.45, 7) is 4.18. The van der Waals surface area contributed by atoms with Crippen molar-refractivity contribution in [2.75, 3.05) is 6.61 Å². The summed E-state index contributed by atoms with van der Waals surface area (Å²) >= 11 is 0. The summed E-state index contributed by atoms with van der Waals surface area (Å²) in [5.74, 6) is 0.0907. The van der Waals surface area contributed by atoms with Crippen LogP contribution in [0.4, 0.5) is 0 Å². The molecular formula is C16H22N2O3. The van der Waals surface area contributed by atoms with Crippen LogP contribution in [-0.4, -0.2) is 35.4 Å². The monoisotopic (exact) mass is 290 g/mol. The molecule has 114 valence electrons. The van der Waals surface area contributed by atoms with Gasteiger partial charge in [0.25, 0.3) is 5.91 Å². The van der Waals surface area contributed by atoms with Crippen LogP contribution in [-0.2, 0) is 4.79 Å². The topological polar surface area (TPSA) is 72.6 Å². The van der Waals surface area contributed by atoms with Crippen LogP contribution in [0.1, 0.15) is 43.5 Å². The van der Waals surface area contributed by atoms with Crippen molar-refractivity contribution in [3.8, 4) is 5.75 Å². The number of rotatable bonds is 4. The Hall–Kier alpha value is -2.04. The van der Waals surface area contributed by atoms with E-state index in [0.717, 1.165) is 12.8 Å². The van der Waals surface area contributed by atoms with Gasteiger partial charge in [-0.1, -0.05) is 0 Å². The highest BCUT2D eigenvalue weighted by atomic mass is 16.5. The van der Waals surface area contributed by atoms with Gasteiger partial charge < -0.3 is 15.4 Å². The van der Waals surface area contributed by atoms with Gasteiger partial charge >= 0.3 is 0 Å². The van der Waals surface area contributed by atoms with E-state index in [1.54, 1.807) is 24.3 Å². The molecule has 0 unspecified atom stereocenters. The molecule has 21 heavy (non-hydrogen) atoms. The van der Waals surface area contributed by atoms with Crippen molar-refractivity contribution in [1.29, 1.82) is 0 Å². The van der Waals surface area contributed by atoms with Crippen LogP contribution in [0.3, 0.4) is 0 Å². The number of likely N-dealkylation sites (tertiary alicyclic amines) is 1. The number of carbonyl (C=O) groups excluding carboxylic acids is 2. The third kappa shape index (κ3) is 3.74. The summed E-state index contributed by atoms with van der Waals surface area (Å²) < 4.78 is 5.51. The molecule has 0 radical (unpaired) electrons. The zero-order valence-electron chi connectivity index (χ0n) is 12.5. The van der Waals surface area contributed by atoms with Gasteiger partial charge in [-0.25, -0.2) is 0 Å². The van der Waals surface area contributed by atoms with E-state index in [-0.39, 0.29) is 24.6 Å². The highest BCUT2D eigenvalue weighted by Crippen LogP contribution is 2.22. The standard InChI is InChI=1S/C16H22N2O3/c1-11-4-3-5-12(2)18(11)15(19)10-21-14-8-6-13(7-9-14)16(17)20/h6-9,11-12H,3-5,10H2,1-2H3,(H2,17,20)/t11-,12-/m1/s1. The summed E-state index contributed by atoms with van der Waals surface area (Å²) in [7, 11) is 0. The lowest BCUT2D eigenvalue weighted by Gasteiger charge is -2.38. The first kappa shape index (κ1) is 15.4. The Bertz CT molecular complexity index is 503. The van der Waals surface area contributed by atoms with Gasteiger partial charge in [0.1, 0.15) is 5.75 Å². The van der Waals surface area contributed by atoms with E-state index in [2.05, 4.69) is 13.8 Å². The van der Waals surface area contributed by atoms with E-state index in [1.165, 1.54) is 6.42 Å². The van der Waals surface area contributed by atoms with Crippen molar-refractivity contribution in [2.24, 2.45) is 5.73 Å². The van der Waals surface area contributed by atoms with Gasteiger partial charge in [-0.05, 0) is 57.4 Å². The number of hydrogen-bond donors (Lipinski definition) is 1. The molecule has 5 heteroatoms. The second-order valence-corrected chi connectivity index (χ2v) is 5.61. The van der Waals surface area contributed by atoms with E-state index in [0.29, 0.717) is 11.3 Å². The number of nitrogens with zero attached hydrogens (tertiary/aromatic N) is 1. The highest BCUT2D eigenvalue weighted by Gasteiger charge is 2.28. The molecule has 0 bridgehead atoms. The zero-order valence-corrected chi connectivity index (χ0v) is 12.5. The molecule has 1 heterocycles. The maximum atomic E-state index is 12.3. The number of amides is 2. The third-order valence-corrected chi connectivity index (χ3v) is 3.98. The Morgan fingerprint density at radius 3 is 2.29 bits per heavy atom. The van der Waals surface area contributed by atoms with Crippen LogP contribution >= 0.6 is 0 Å². The molecule has 0 aliphatic carbocycles. The van der Waals surface area contributed by atoms with Crippen molar-refractivity contribution >= 4 is 11.8 Å². The van der Waals surface area contributed by atoms with Gasteiger partial charge in [0.15, 0.2) is 6.61 Å². The molecule has 1 aromatic carbocycles. The molecule has 0 spiro atoms. The fourth-order valence-electron chi connectivity index (χ4n) is 2.85. The lowest BCUT2D eigenvalue weighted by Crippen LogP contribution is -2.49. The van der Waals surface area contributed by atoms with Gasteiger partial charge in [0, 0.05) is 17.6 Å². The van der Waals surface area contributed by atoms with Crippen molar-refractivity contribution in [3.63, 3.8) is 0 Å².